The third kappa shape index (κ3) is 7.47. The zero-order chi connectivity index (χ0) is 38.8. The zero-order valence-corrected chi connectivity index (χ0v) is 31.9. The first-order valence-corrected chi connectivity index (χ1v) is 19.2. The van der Waals surface area contributed by atoms with Crippen LogP contribution in [0.4, 0.5) is 27.3 Å². The Kier molecular flexibility index (Phi) is 10.5. The van der Waals surface area contributed by atoms with Crippen LogP contribution in [-0.2, 0) is 19.8 Å². The van der Waals surface area contributed by atoms with Crippen molar-refractivity contribution < 1.29 is 14.3 Å². The number of aromatic nitrogens is 5. The first-order valence-electron chi connectivity index (χ1n) is 18.8. The van der Waals surface area contributed by atoms with Crippen LogP contribution in [0.5, 0.6) is 0 Å². The highest BCUT2D eigenvalue weighted by atomic mass is 32.1. The second-order valence-corrected chi connectivity index (χ2v) is 14.3. The summed E-state index contributed by atoms with van der Waals surface area (Å²) >= 11 is 6.01. The number of carbonyl (C=O) groups is 1. The van der Waals surface area contributed by atoms with Crippen LogP contribution in [0.2, 0.25) is 0 Å². The quantitative estimate of drug-likeness (QED) is 0.158. The number of halogens is 1. The van der Waals surface area contributed by atoms with E-state index in [0.717, 1.165) is 49.2 Å². The number of anilines is 4. The minimum atomic E-state index is -1.33. The number of hydrogen-bond acceptors (Lipinski definition) is 10. The topological polar surface area (TPSA) is 120 Å². The van der Waals surface area contributed by atoms with Crippen molar-refractivity contribution >= 4 is 52.0 Å². The number of aryl methyl sites for hydroxylation is 1. The molecule has 0 atom stereocenters. The molecule has 8 rings (SSSR count). The summed E-state index contributed by atoms with van der Waals surface area (Å²) in [5, 5.41) is 18.0. The first kappa shape index (κ1) is 36.9. The van der Waals surface area contributed by atoms with E-state index in [-0.39, 0.29) is 10.9 Å². The summed E-state index contributed by atoms with van der Waals surface area (Å²) in [6, 6.07) is 27.4. The third-order valence-electron chi connectivity index (χ3n) is 10.6. The van der Waals surface area contributed by atoms with Crippen LogP contribution in [0.25, 0.3) is 16.6 Å². The van der Waals surface area contributed by atoms with Crippen molar-refractivity contribution in [3.63, 3.8) is 0 Å². The van der Waals surface area contributed by atoms with Gasteiger partial charge in [0.1, 0.15) is 17.2 Å². The van der Waals surface area contributed by atoms with Gasteiger partial charge in [0.25, 0.3) is 0 Å². The predicted octanol–water partition coefficient (Wildman–Crippen LogP) is 5.69. The van der Waals surface area contributed by atoms with Crippen LogP contribution in [0.1, 0.15) is 23.1 Å². The molecule has 0 amide bonds. The van der Waals surface area contributed by atoms with Crippen LogP contribution >= 0.6 is 12.2 Å². The van der Waals surface area contributed by atoms with Crippen molar-refractivity contribution in [2.45, 2.75) is 26.7 Å². The Balaban J connectivity index is 0.936. The van der Waals surface area contributed by atoms with Gasteiger partial charge in [-0.25, -0.2) is 18.9 Å². The van der Waals surface area contributed by atoms with Gasteiger partial charge in [-0.2, -0.15) is 5.10 Å². The van der Waals surface area contributed by atoms with E-state index in [2.05, 4.69) is 56.4 Å². The van der Waals surface area contributed by atoms with E-state index in [9.17, 15) is 14.7 Å². The average Bonchev–Trinajstić information content (AvgIpc) is 3.55. The number of carboxylic acids is 1. The Labute approximate surface area is 328 Å². The van der Waals surface area contributed by atoms with Gasteiger partial charge in [-0.15, -0.1) is 0 Å². The van der Waals surface area contributed by atoms with Crippen molar-refractivity contribution in [1.82, 2.24) is 28.8 Å². The number of fused-ring (bicyclic) bond motifs is 1. The number of rotatable bonds is 11. The van der Waals surface area contributed by atoms with Gasteiger partial charge < -0.3 is 29.7 Å². The van der Waals surface area contributed by atoms with Gasteiger partial charge in [0, 0.05) is 81.9 Å². The molecular weight excluding hydrogens is 732 g/mol. The van der Waals surface area contributed by atoms with E-state index in [1.54, 1.807) is 10.6 Å². The summed E-state index contributed by atoms with van der Waals surface area (Å²) in [6.07, 6.45) is 3.20. The second-order valence-electron chi connectivity index (χ2n) is 14.0. The van der Waals surface area contributed by atoms with Gasteiger partial charge in [-0.3, -0.25) is 14.3 Å². The average molecular weight is 775 g/mol. The fourth-order valence-electron chi connectivity index (χ4n) is 7.56. The molecule has 0 spiro atoms. The first-order chi connectivity index (χ1) is 27.3. The molecule has 0 unspecified atom stereocenters. The third-order valence-corrected chi connectivity index (χ3v) is 11.0. The molecule has 13 nitrogen and oxygen atoms in total. The smallest absolute Gasteiger partial charge is 0.341 e. The molecule has 0 saturated carbocycles. The molecule has 2 N–H and O–H groups in total. The molecule has 2 saturated heterocycles. The van der Waals surface area contributed by atoms with Crippen LogP contribution in [0.3, 0.4) is 0 Å². The van der Waals surface area contributed by atoms with Crippen molar-refractivity contribution in [3.8, 4) is 5.69 Å². The summed E-state index contributed by atoms with van der Waals surface area (Å²) in [5.74, 6) is -0.171. The van der Waals surface area contributed by atoms with Gasteiger partial charge >= 0.3 is 5.97 Å². The molecule has 0 aliphatic carbocycles. The Morgan fingerprint density at radius 2 is 1.52 bits per heavy atom. The molecule has 56 heavy (non-hydrogen) atoms. The maximum absolute atomic E-state index is 15.5. The van der Waals surface area contributed by atoms with Gasteiger partial charge in [0.2, 0.25) is 10.2 Å². The molecule has 6 aromatic rings. The Bertz CT molecular complexity index is 2460. The van der Waals surface area contributed by atoms with E-state index < -0.39 is 17.2 Å². The standard InChI is InChI=1S/C41H43FN10O3S/c1-2-47-27-33(40(54)55)39(53)32-23-34(42)36(24-35(32)47)49-17-15-46(16-18-49)28-51-41(56)52(31-11-7-4-8-12-31)38(45-51)26-43-29-13-14-37(44-25-29)50-21-19-48(20-22-50)30-9-5-3-6-10-30/h3-14,23-25,27,43H,2,15-22,26,28H2,1H3,(H,54,55). The summed E-state index contributed by atoms with van der Waals surface area (Å²) in [6.45, 7) is 9.19. The number of para-hydroxylation sites is 2. The van der Waals surface area contributed by atoms with Gasteiger partial charge in [-0.05, 0) is 67.7 Å². The highest BCUT2D eigenvalue weighted by molar-refractivity contribution is 7.71. The van der Waals surface area contributed by atoms with E-state index in [4.69, 9.17) is 22.3 Å². The summed E-state index contributed by atoms with van der Waals surface area (Å²) < 4.78 is 21.6. The van der Waals surface area contributed by atoms with Crippen molar-refractivity contribution in [2.24, 2.45) is 0 Å². The summed E-state index contributed by atoms with van der Waals surface area (Å²) in [5.41, 5.74) is 2.88. The lowest BCUT2D eigenvalue weighted by Crippen LogP contribution is -2.47. The maximum Gasteiger partial charge on any atom is 0.341 e. The molecule has 0 bridgehead atoms. The molecule has 2 fully saturated rings. The number of carboxylic acid groups (broad SMARTS) is 1. The summed E-state index contributed by atoms with van der Waals surface area (Å²) in [7, 11) is 0. The van der Waals surface area contributed by atoms with Crippen LogP contribution < -0.4 is 25.4 Å². The predicted molar refractivity (Wildman–Crippen MR) is 219 cm³/mol. The molecule has 2 aliphatic heterocycles. The van der Waals surface area contributed by atoms with Crippen molar-refractivity contribution in [3.05, 3.63) is 130 Å². The van der Waals surface area contributed by atoms with Crippen LogP contribution in [0.15, 0.2) is 102 Å². The number of nitrogens with one attached hydrogen (secondary N) is 1. The van der Waals surface area contributed by atoms with E-state index in [1.807, 2.05) is 63.7 Å². The fourth-order valence-corrected chi connectivity index (χ4v) is 7.87. The van der Waals surface area contributed by atoms with Crippen molar-refractivity contribution in [2.75, 3.05) is 72.4 Å². The lowest BCUT2D eigenvalue weighted by molar-refractivity contribution is 0.0694. The molecule has 15 heteroatoms. The van der Waals surface area contributed by atoms with Crippen LogP contribution in [-0.4, -0.2) is 92.2 Å². The SMILES string of the molecule is CCn1cc(C(=O)O)c(=O)c2cc(F)c(N3CCN(Cn4nc(CNc5ccc(N6CCN(c7ccccc7)CC6)nc5)n(-c5ccccc5)c4=S)CC3)cc21. The van der Waals surface area contributed by atoms with E-state index in [0.29, 0.717) is 61.9 Å². The number of benzene rings is 3. The minimum Gasteiger partial charge on any atom is -0.477 e. The number of nitrogens with zero attached hydrogens (tertiary/aromatic N) is 9. The fraction of sp³-hybridized carbons (Fsp3) is 0.293. The number of pyridine rings is 2. The second kappa shape index (κ2) is 16.0. The molecule has 288 valence electrons. The zero-order valence-electron chi connectivity index (χ0n) is 31.1. The van der Waals surface area contributed by atoms with Gasteiger partial charge in [-0.1, -0.05) is 36.4 Å². The number of piperazine rings is 2. The number of aromatic carboxylic acids is 1. The van der Waals surface area contributed by atoms with Crippen molar-refractivity contribution in [1.29, 1.82) is 0 Å². The minimum absolute atomic E-state index is 0.0574. The normalized spacial score (nSPS) is 15.1. The Hall–Kier alpha value is -6.06. The molecule has 5 heterocycles. The molecule has 2 aliphatic rings. The molecule has 0 radical (unpaired) electrons. The highest BCUT2D eigenvalue weighted by Crippen LogP contribution is 2.27. The lowest BCUT2D eigenvalue weighted by atomic mass is 10.1. The number of hydrogen-bond donors (Lipinski definition) is 2. The Morgan fingerprint density at radius 3 is 2.16 bits per heavy atom. The molecular formula is C41H43FN10O3S. The largest absolute Gasteiger partial charge is 0.477 e. The molecule has 3 aromatic carbocycles. The van der Waals surface area contributed by atoms with Gasteiger partial charge in [0.15, 0.2) is 5.82 Å². The van der Waals surface area contributed by atoms with Crippen LogP contribution in [0, 0.1) is 10.6 Å². The van der Waals surface area contributed by atoms with E-state index >= 15 is 4.39 Å². The highest BCUT2D eigenvalue weighted by Gasteiger charge is 2.24. The monoisotopic (exact) mass is 774 g/mol. The van der Waals surface area contributed by atoms with E-state index in [1.165, 1.54) is 18.0 Å². The summed E-state index contributed by atoms with van der Waals surface area (Å²) in [4.78, 5) is 38.2. The maximum atomic E-state index is 15.5. The molecule has 3 aromatic heterocycles. The van der Waals surface area contributed by atoms with Gasteiger partial charge in [0.05, 0.1) is 36.3 Å². The lowest BCUT2D eigenvalue weighted by Gasteiger charge is -2.36. The Morgan fingerprint density at radius 1 is 0.857 bits per heavy atom.